The van der Waals surface area contributed by atoms with Crippen LogP contribution in [-0.4, -0.2) is 30.0 Å². The fourth-order valence-corrected chi connectivity index (χ4v) is 11.2. The second-order valence-electron chi connectivity index (χ2n) is 24.8. The Bertz CT molecular complexity index is 3210. The van der Waals surface area contributed by atoms with Gasteiger partial charge >= 0.3 is 0 Å². The molecule has 72 heavy (non-hydrogen) atoms. The van der Waals surface area contributed by atoms with Gasteiger partial charge in [0, 0.05) is 23.0 Å². The molecule has 0 atom stereocenters. The monoisotopic (exact) mass is 945 g/mol. The summed E-state index contributed by atoms with van der Waals surface area (Å²) in [5, 5.41) is 18.8. The number of aromatic nitrogens is 6. The van der Waals surface area contributed by atoms with E-state index in [-0.39, 0.29) is 33.5 Å². The summed E-state index contributed by atoms with van der Waals surface area (Å²) in [5.74, 6) is 0.310. The zero-order valence-electron chi connectivity index (χ0n) is 44.7. The van der Waals surface area contributed by atoms with Gasteiger partial charge in [-0.25, -0.2) is 9.36 Å². The van der Waals surface area contributed by atoms with Crippen molar-refractivity contribution in [3.63, 3.8) is 0 Å². The van der Waals surface area contributed by atoms with Gasteiger partial charge in [-0.05, 0) is 155 Å². The largest absolute Gasteiger partial charge is 0.220 e. The smallest absolute Gasteiger partial charge is 0.113 e. The van der Waals surface area contributed by atoms with Gasteiger partial charge < -0.3 is 0 Å². The summed E-state index contributed by atoms with van der Waals surface area (Å²) in [6.07, 6.45) is 4.07. The third-order valence-corrected chi connectivity index (χ3v) is 15.6. The lowest BCUT2D eigenvalue weighted by Crippen LogP contribution is -2.11. The molecule has 2 aliphatic rings. The van der Waals surface area contributed by atoms with E-state index in [0.29, 0.717) is 0 Å². The SMILES string of the molecule is Cc1cc(C)c(-c2cn(-c3ccc(C4c5ccc(C(C)(C)C)cc5-c5cc(C(C)(C)C)ccc54)cc3)nn2)cc1-c1cn(-c2ccc(C3c4ccc(C(C)(C)C)cc4-c4cc(C(C)(C)C)ccc43)cc2)nn1. The van der Waals surface area contributed by atoms with Crippen LogP contribution in [0.25, 0.3) is 56.1 Å². The van der Waals surface area contributed by atoms with E-state index in [2.05, 4.69) is 241 Å². The van der Waals surface area contributed by atoms with Gasteiger partial charge in [0.2, 0.25) is 0 Å². The molecule has 0 N–H and O–H groups in total. The molecule has 0 saturated carbocycles. The molecule has 2 aromatic heterocycles. The third-order valence-electron chi connectivity index (χ3n) is 15.6. The maximum Gasteiger partial charge on any atom is 0.113 e. The van der Waals surface area contributed by atoms with E-state index in [0.717, 1.165) is 45.0 Å². The Morgan fingerprint density at radius 3 is 0.903 bits per heavy atom. The topological polar surface area (TPSA) is 61.4 Å². The van der Waals surface area contributed by atoms with Gasteiger partial charge in [0.1, 0.15) is 11.4 Å². The lowest BCUT2D eigenvalue weighted by Gasteiger charge is -2.21. The highest BCUT2D eigenvalue weighted by Crippen LogP contribution is 2.52. The number of rotatable bonds is 6. The van der Waals surface area contributed by atoms with Gasteiger partial charge in [0.25, 0.3) is 0 Å². The highest BCUT2D eigenvalue weighted by Gasteiger charge is 2.34. The Hall–Kier alpha value is -7.18. The summed E-state index contributed by atoms with van der Waals surface area (Å²) in [6.45, 7) is 31.8. The minimum Gasteiger partial charge on any atom is -0.220 e. The fourth-order valence-electron chi connectivity index (χ4n) is 11.2. The summed E-state index contributed by atoms with van der Waals surface area (Å²) in [4.78, 5) is 0. The number of nitrogens with zero attached hydrogens (tertiary/aromatic N) is 6. The van der Waals surface area contributed by atoms with E-state index in [4.69, 9.17) is 10.2 Å². The van der Waals surface area contributed by atoms with Crippen LogP contribution in [0.5, 0.6) is 0 Å². The van der Waals surface area contributed by atoms with Gasteiger partial charge in [-0.1, -0.05) is 197 Å². The predicted octanol–water partition coefficient (Wildman–Crippen LogP) is 16.3. The fraction of sp³-hybridized carbons (Fsp3) is 0.303. The Morgan fingerprint density at radius 2 is 0.625 bits per heavy atom. The molecule has 0 aliphatic heterocycles. The molecular formula is C66H68N6. The van der Waals surface area contributed by atoms with Crippen LogP contribution in [0.4, 0.5) is 0 Å². The third kappa shape index (κ3) is 8.23. The van der Waals surface area contributed by atoms with Gasteiger partial charge in [-0.3, -0.25) is 0 Å². The second-order valence-corrected chi connectivity index (χ2v) is 24.8. The summed E-state index contributed by atoms with van der Waals surface area (Å²) in [6, 6.07) is 50.6. The van der Waals surface area contributed by atoms with Gasteiger partial charge in [0.05, 0.1) is 23.8 Å². The van der Waals surface area contributed by atoms with Crippen LogP contribution in [0.15, 0.2) is 146 Å². The van der Waals surface area contributed by atoms with Crippen molar-refractivity contribution in [2.75, 3.05) is 0 Å². The number of aryl methyl sites for hydroxylation is 2. The summed E-state index contributed by atoms with van der Waals surface area (Å²) >= 11 is 0. The van der Waals surface area contributed by atoms with E-state index in [1.54, 1.807) is 0 Å². The molecule has 0 spiro atoms. The molecule has 11 rings (SSSR count). The average molecular weight is 945 g/mol. The van der Waals surface area contributed by atoms with Crippen LogP contribution >= 0.6 is 0 Å². The van der Waals surface area contributed by atoms with E-state index >= 15 is 0 Å². The van der Waals surface area contributed by atoms with Crippen LogP contribution in [0.3, 0.4) is 0 Å². The molecule has 7 aromatic carbocycles. The second kappa shape index (κ2) is 16.7. The number of hydrogen-bond acceptors (Lipinski definition) is 4. The highest BCUT2D eigenvalue weighted by molar-refractivity contribution is 5.84. The highest BCUT2D eigenvalue weighted by atomic mass is 15.4. The predicted molar refractivity (Wildman–Crippen MR) is 297 cm³/mol. The Morgan fingerprint density at radius 1 is 0.333 bits per heavy atom. The first-order valence-corrected chi connectivity index (χ1v) is 25.8. The minimum atomic E-state index is 0.0633. The zero-order chi connectivity index (χ0) is 50.8. The molecule has 0 bridgehead atoms. The maximum atomic E-state index is 4.73. The van der Waals surface area contributed by atoms with Crippen molar-refractivity contribution in [3.05, 3.63) is 213 Å². The van der Waals surface area contributed by atoms with E-state index < -0.39 is 0 Å². The number of hydrogen-bond donors (Lipinski definition) is 0. The van der Waals surface area contributed by atoms with Crippen LogP contribution in [0.2, 0.25) is 0 Å². The van der Waals surface area contributed by atoms with Gasteiger partial charge in [-0.15, -0.1) is 10.2 Å². The Balaban J connectivity index is 0.854. The minimum absolute atomic E-state index is 0.0633. The first-order valence-electron chi connectivity index (χ1n) is 25.8. The van der Waals surface area contributed by atoms with Crippen LogP contribution < -0.4 is 0 Å². The van der Waals surface area contributed by atoms with E-state index in [1.807, 2.05) is 21.8 Å². The first-order chi connectivity index (χ1) is 34.0. The molecule has 2 heterocycles. The average Bonchev–Trinajstić information content (AvgIpc) is 4.14. The summed E-state index contributed by atoms with van der Waals surface area (Å²) in [5.41, 5.74) is 26.9. The molecule has 362 valence electrons. The van der Waals surface area contributed by atoms with Crippen LogP contribution in [0.1, 0.15) is 162 Å². The molecule has 6 nitrogen and oxygen atoms in total. The van der Waals surface area contributed by atoms with E-state index in [1.165, 1.54) is 77.9 Å². The Labute approximate surface area is 427 Å². The van der Waals surface area contributed by atoms with Crippen LogP contribution in [0, 0.1) is 13.8 Å². The molecular weight excluding hydrogens is 877 g/mol. The molecule has 0 radical (unpaired) electrons. The molecule has 0 unspecified atom stereocenters. The lowest BCUT2D eigenvalue weighted by atomic mass is 9.83. The first kappa shape index (κ1) is 47.2. The number of fused-ring (bicyclic) bond motifs is 6. The summed E-state index contributed by atoms with van der Waals surface area (Å²) < 4.78 is 3.77. The van der Waals surface area contributed by atoms with Crippen molar-refractivity contribution in [3.8, 4) is 56.1 Å². The van der Waals surface area contributed by atoms with Crippen molar-refractivity contribution in [2.24, 2.45) is 0 Å². The number of benzene rings is 7. The molecule has 2 aliphatic carbocycles. The quantitative estimate of drug-likeness (QED) is 0.167. The van der Waals surface area contributed by atoms with E-state index in [9.17, 15) is 0 Å². The zero-order valence-corrected chi connectivity index (χ0v) is 44.7. The van der Waals surface area contributed by atoms with Crippen molar-refractivity contribution >= 4 is 0 Å². The molecule has 0 fully saturated rings. The molecule has 0 saturated heterocycles. The molecule has 9 aromatic rings. The van der Waals surface area contributed by atoms with Crippen molar-refractivity contribution in [1.29, 1.82) is 0 Å². The molecule has 0 amide bonds. The van der Waals surface area contributed by atoms with Crippen molar-refractivity contribution in [2.45, 2.75) is 130 Å². The summed E-state index contributed by atoms with van der Waals surface area (Å²) in [7, 11) is 0. The van der Waals surface area contributed by atoms with Crippen molar-refractivity contribution < 1.29 is 0 Å². The normalized spacial score (nSPS) is 13.9. The van der Waals surface area contributed by atoms with Gasteiger partial charge in [-0.2, -0.15) is 0 Å². The molecule has 6 heteroatoms. The lowest BCUT2D eigenvalue weighted by molar-refractivity contribution is 0.589. The van der Waals surface area contributed by atoms with Gasteiger partial charge in [0.15, 0.2) is 0 Å². The standard InChI is InChI=1S/C66H68N6/c1-39-31-40(2)54(60-38-72(70-68-60)48-25-17-42(18-26-48)62-51-29-21-45(65(9,10)11)34-57(51)58-35-46(66(12,13)14)22-30-52(58)62)36-53(39)59-37-71(69-67-59)47-23-15-41(16-24-47)61-49-27-19-43(63(3,4)5)32-55(49)56-33-44(64(6,7)8)20-28-50(56)61/h15-38,61-62H,1-14H3. The maximum absolute atomic E-state index is 4.73. The van der Waals surface area contributed by atoms with Crippen molar-refractivity contribution in [1.82, 2.24) is 30.0 Å². The Kier molecular flexibility index (Phi) is 10.9. The van der Waals surface area contributed by atoms with Crippen LogP contribution in [-0.2, 0) is 21.7 Å².